The molecule has 33 heavy (non-hydrogen) atoms. The summed E-state index contributed by atoms with van der Waals surface area (Å²) < 4.78 is 29.7. The molecular formula is C23H24F2N6O2. The molecule has 4 fully saturated rings. The second-order valence-corrected chi connectivity index (χ2v) is 9.61. The van der Waals surface area contributed by atoms with E-state index in [-0.39, 0.29) is 43.1 Å². The molecule has 1 saturated heterocycles. The van der Waals surface area contributed by atoms with Gasteiger partial charge in [0.05, 0.1) is 5.56 Å². The number of piperidine rings is 1. The van der Waals surface area contributed by atoms with Gasteiger partial charge in [-0.2, -0.15) is 5.10 Å². The number of carbonyl (C=O) groups excluding carboxylic acids is 1. The minimum Gasteiger partial charge on any atom is -0.338 e. The lowest BCUT2D eigenvalue weighted by atomic mass is 9.49. The van der Waals surface area contributed by atoms with Crippen LogP contribution >= 0.6 is 0 Å². The van der Waals surface area contributed by atoms with Crippen LogP contribution in [0.25, 0.3) is 5.65 Å². The zero-order chi connectivity index (χ0) is 23.0. The van der Waals surface area contributed by atoms with Gasteiger partial charge >= 0.3 is 5.69 Å². The Balaban J connectivity index is 1.30. The van der Waals surface area contributed by atoms with Gasteiger partial charge in [-0.1, -0.05) is 0 Å². The number of hydrogen-bond acceptors (Lipinski definition) is 5. The Bertz CT molecular complexity index is 1290. The summed E-state index contributed by atoms with van der Waals surface area (Å²) in [6.45, 7) is 0.0985. The summed E-state index contributed by atoms with van der Waals surface area (Å²) in [7, 11) is 1.62. The van der Waals surface area contributed by atoms with Crippen LogP contribution in [0.15, 0.2) is 41.5 Å². The smallest absolute Gasteiger partial charge is 0.338 e. The van der Waals surface area contributed by atoms with Gasteiger partial charge in [0.2, 0.25) is 0 Å². The second-order valence-electron chi connectivity index (χ2n) is 9.61. The molecule has 0 radical (unpaired) electrons. The summed E-state index contributed by atoms with van der Waals surface area (Å²) in [4.78, 5) is 33.3. The van der Waals surface area contributed by atoms with Gasteiger partial charge in [-0.25, -0.2) is 23.2 Å². The maximum Gasteiger partial charge on any atom is 0.350 e. The molecule has 3 aliphatic carbocycles. The molecule has 1 aliphatic heterocycles. The summed E-state index contributed by atoms with van der Waals surface area (Å²) in [5, 5.41) is 4.30. The van der Waals surface area contributed by atoms with E-state index >= 15 is 0 Å². The average molecular weight is 454 g/mol. The van der Waals surface area contributed by atoms with Crippen molar-refractivity contribution >= 4 is 23.1 Å². The fourth-order valence-corrected chi connectivity index (χ4v) is 5.43. The lowest BCUT2D eigenvalue weighted by Crippen LogP contribution is -2.67. The fraction of sp³-hybridized carbons (Fsp3) is 0.478. The van der Waals surface area contributed by atoms with Crippen molar-refractivity contribution in [1.82, 2.24) is 24.1 Å². The molecule has 0 unspecified atom stereocenters. The molecule has 2 bridgehead atoms. The highest BCUT2D eigenvalue weighted by molar-refractivity contribution is 5.94. The third-order valence-electron chi connectivity index (χ3n) is 7.40. The van der Waals surface area contributed by atoms with Crippen molar-refractivity contribution in [3.05, 3.63) is 52.7 Å². The summed E-state index contributed by atoms with van der Waals surface area (Å²) in [5.41, 5.74) is 1.65. The Morgan fingerprint density at radius 3 is 2.48 bits per heavy atom. The van der Waals surface area contributed by atoms with Crippen LogP contribution in [-0.4, -0.2) is 54.5 Å². The molecule has 1 amide bonds. The maximum atomic E-state index is 13.4. The SMILES string of the molecule is Cn1nc2cc(N(c3ccc(C(=O)N4CCC(F)(F)CC4)cn3)C34CC(C3)C4)ccn2c1=O. The van der Waals surface area contributed by atoms with Crippen LogP contribution in [0.4, 0.5) is 20.3 Å². The van der Waals surface area contributed by atoms with Crippen molar-refractivity contribution < 1.29 is 13.6 Å². The Kier molecular flexibility index (Phi) is 4.22. The molecule has 8 nitrogen and oxygen atoms in total. The van der Waals surface area contributed by atoms with Crippen molar-refractivity contribution in [2.24, 2.45) is 13.0 Å². The molecule has 172 valence electrons. The summed E-state index contributed by atoms with van der Waals surface area (Å²) in [5.74, 6) is -1.50. The van der Waals surface area contributed by atoms with E-state index in [9.17, 15) is 18.4 Å². The maximum absolute atomic E-state index is 13.4. The highest BCUT2D eigenvalue weighted by Gasteiger charge is 2.60. The number of amides is 1. The highest BCUT2D eigenvalue weighted by atomic mass is 19.3. The molecule has 0 atom stereocenters. The number of aryl methyl sites for hydroxylation is 1. The fourth-order valence-electron chi connectivity index (χ4n) is 5.43. The number of hydrogen-bond donors (Lipinski definition) is 0. The van der Waals surface area contributed by atoms with Crippen molar-refractivity contribution in [1.29, 1.82) is 0 Å². The number of likely N-dealkylation sites (tertiary alicyclic amines) is 1. The molecule has 10 heteroatoms. The first-order valence-corrected chi connectivity index (χ1v) is 11.2. The number of fused-ring (bicyclic) bond motifs is 1. The summed E-state index contributed by atoms with van der Waals surface area (Å²) >= 11 is 0. The van der Waals surface area contributed by atoms with Gasteiger partial charge in [-0.15, -0.1) is 0 Å². The molecule has 0 spiro atoms. The third kappa shape index (κ3) is 3.14. The van der Waals surface area contributed by atoms with E-state index in [1.165, 1.54) is 20.2 Å². The predicted octanol–water partition coefficient (Wildman–Crippen LogP) is 2.99. The first-order chi connectivity index (χ1) is 15.7. The highest BCUT2D eigenvalue weighted by Crippen LogP contribution is 2.63. The van der Waals surface area contributed by atoms with Crippen LogP contribution in [0.3, 0.4) is 0 Å². The summed E-state index contributed by atoms with van der Waals surface area (Å²) in [6.07, 6.45) is 5.89. The van der Waals surface area contributed by atoms with E-state index in [2.05, 4.69) is 15.0 Å². The zero-order valence-electron chi connectivity index (χ0n) is 18.2. The number of anilines is 2. The number of nitrogens with zero attached hydrogens (tertiary/aromatic N) is 6. The molecule has 0 N–H and O–H groups in total. The lowest BCUT2D eigenvalue weighted by Gasteiger charge is -2.66. The van der Waals surface area contributed by atoms with E-state index < -0.39 is 5.92 Å². The summed E-state index contributed by atoms with van der Waals surface area (Å²) in [6, 6.07) is 7.32. The molecule has 3 aromatic rings. The number of alkyl halides is 2. The molecule has 3 saturated carbocycles. The zero-order valence-corrected chi connectivity index (χ0v) is 18.2. The molecule has 4 aliphatic rings. The van der Waals surface area contributed by atoms with Crippen LogP contribution in [-0.2, 0) is 7.05 Å². The minimum absolute atomic E-state index is 0.00490. The molecule has 0 aromatic carbocycles. The van der Waals surface area contributed by atoms with Crippen LogP contribution in [0.2, 0.25) is 0 Å². The van der Waals surface area contributed by atoms with Gasteiger partial charge in [-0.05, 0) is 43.4 Å². The van der Waals surface area contributed by atoms with Gasteiger partial charge in [0.1, 0.15) is 5.82 Å². The van der Waals surface area contributed by atoms with Crippen molar-refractivity contribution in [3.63, 3.8) is 0 Å². The van der Waals surface area contributed by atoms with E-state index in [4.69, 9.17) is 0 Å². The van der Waals surface area contributed by atoms with E-state index in [1.54, 1.807) is 19.3 Å². The quantitative estimate of drug-likeness (QED) is 0.606. The predicted molar refractivity (Wildman–Crippen MR) is 117 cm³/mol. The van der Waals surface area contributed by atoms with Crippen molar-refractivity contribution in [2.45, 2.75) is 43.6 Å². The number of carbonyl (C=O) groups is 1. The molecular weight excluding hydrogens is 430 g/mol. The van der Waals surface area contributed by atoms with Gasteiger partial charge < -0.3 is 9.80 Å². The van der Waals surface area contributed by atoms with Crippen LogP contribution in [0.5, 0.6) is 0 Å². The number of pyridine rings is 2. The Morgan fingerprint density at radius 1 is 1.15 bits per heavy atom. The van der Waals surface area contributed by atoms with Crippen molar-refractivity contribution in [3.8, 4) is 0 Å². The lowest BCUT2D eigenvalue weighted by molar-refractivity contribution is -0.0494. The van der Waals surface area contributed by atoms with Gasteiger partial charge in [0.15, 0.2) is 5.65 Å². The van der Waals surface area contributed by atoms with Gasteiger partial charge in [0, 0.05) is 62.7 Å². The Hall–Kier alpha value is -3.30. The number of halogens is 2. The van der Waals surface area contributed by atoms with Gasteiger partial charge in [0.25, 0.3) is 11.8 Å². The van der Waals surface area contributed by atoms with E-state index in [1.807, 2.05) is 18.2 Å². The van der Waals surface area contributed by atoms with Crippen LogP contribution < -0.4 is 10.6 Å². The van der Waals surface area contributed by atoms with Crippen molar-refractivity contribution in [2.75, 3.05) is 18.0 Å². The molecule has 4 heterocycles. The Morgan fingerprint density at radius 2 is 1.88 bits per heavy atom. The topological polar surface area (TPSA) is 75.7 Å². The van der Waals surface area contributed by atoms with E-state index in [0.717, 1.165) is 36.7 Å². The average Bonchev–Trinajstić information content (AvgIpc) is 3.02. The number of aromatic nitrogens is 4. The molecule has 7 rings (SSSR count). The van der Waals surface area contributed by atoms with Crippen LogP contribution in [0, 0.1) is 5.92 Å². The minimum atomic E-state index is -2.69. The first kappa shape index (κ1) is 20.3. The normalized spacial score (nSPS) is 25.4. The van der Waals surface area contributed by atoms with Gasteiger partial charge in [-0.3, -0.25) is 9.20 Å². The monoisotopic (exact) mass is 454 g/mol. The number of rotatable bonds is 4. The second kappa shape index (κ2) is 6.85. The third-order valence-corrected chi connectivity index (χ3v) is 7.40. The largest absolute Gasteiger partial charge is 0.350 e. The Labute approximate surface area is 188 Å². The molecule has 3 aromatic heterocycles. The first-order valence-electron chi connectivity index (χ1n) is 11.2. The standard InChI is InChI=1S/C23H24F2N6O2/c1-28-21(33)30-7-4-17(10-19(30)27-28)31(22-11-15(12-22)13-22)18-3-2-16(14-26-18)20(32)29-8-5-23(24,25)6-9-29/h2-4,7,10,14-15H,5-6,8-9,11-13H2,1H3. The van der Waals surface area contributed by atoms with E-state index in [0.29, 0.717) is 11.2 Å². The van der Waals surface area contributed by atoms with Crippen LogP contribution in [0.1, 0.15) is 42.5 Å².